The van der Waals surface area contributed by atoms with Crippen LogP contribution in [0.15, 0.2) is 18.2 Å². The number of hydrogen-bond donors (Lipinski definition) is 1. The minimum absolute atomic E-state index is 0.677. The maximum atomic E-state index is 5.67. The van der Waals surface area contributed by atoms with E-state index in [-0.39, 0.29) is 0 Å². The van der Waals surface area contributed by atoms with Crippen molar-refractivity contribution < 1.29 is 0 Å². The van der Waals surface area contributed by atoms with Crippen molar-refractivity contribution >= 4 is 0 Å². The molecule has 0 amide bonds. The Balaban J connectivity index is 2.36. The van der Waals surface area contributed by atoms with E-state index in [4.69, 9.17) is 5.73 Å². The van der Waals surface area contributed by atoms with Crippen LogP contribution in [0.4, 0.5) is 0 Å². The second-order valence-corrected chi connectivity index (χ2v) is 5.22. The Morgan fingerprint density at radius 2 is 1.68 bits per heavy atom. The summed E-state index contributed by atoms with van der Waals surface area (Å²) in [5.74, 6) is 0. The lowest BCUT2D eigenvalue weighted by Gasteiger charge is -2.11. The van der Waals surface area contributed by atoms with E-state index in [0.29, 0.717) is 6.54 Å². The summed E-state index contributed by atoms with van der Waals surface area (Å²) in [5, 5.41) is 4.67. The third-order valence-corrected chi connectivity index (χ3v) is 3.88. The van der Waals surface area contributed by atoms with Crippen molar-refractivity contribution in [3.05, 3.63) is 51.8 Å². The van der Waals surface area contributed by atoms with Gasteiger partial charge in [-0.25, -0.2) is 0 Å². The van der Waals surface area contributed by atoms with Gasteiger partial charge in [-0.3, -0.25) is 4.68 Å². The van der Waals surface area contributed by atoms with Crippen LogP contribution >= 0.6 is 0 Å². The van der Waals surface area contributed by atoms with Crippen molar-refractivity contribution in [1.29, 1.82) is 0 Å². The molecule has 0 fully saturated rings. The van der Waals surface area contributed by atoms with Gasteiger partial charge >= 0.3 is 0 Å². The summed E-state index contributed by atoms with van der Waals surface area (Å²) in [7, 11) is 0. The zero-order chi connectivity index (χ0) is 14.0. The van der Waals surface area contributed by atoms with E-state index in [0.717, 1.165) is 18.7 Å². The molecule has 0 bridgehead atoms. The van der Waals surface area contributed by atoms with Gasteiger partial charge < -0.3 is 5.73 Å². The molecule has 0 aliphatic rings. The molecule has 0 unspecified atom stereocenters. The van der Waals surface area contributed by atoms with Crippen molar-refractivity contribution in [3.8, 4) is 0 Å². The summed E-state index contributed by atoms with van der Waals surface area (Å²) < 4.78 is 2.11. The van der Waals surface area contributed by atoms with Gasteiger partial charge in [0.15, 0.2) is 0 Å². The highest BCUT2D eigenvalue weighted by Gasteiger charge is 2.12. The van der Waals surface area contributed by atoms with Crippen LogP contribution in [0.2, 0.25) is 0 Å². The van der Waals surface area contributed by atoms with E-state index in [9.17, 15) is 0 Å². The molecule has 102 valence electrons. The minimum Gasteiger partial charge on any atom is -0.330 e. The van der Waals surface area contributed by atoms with Gasteiger partial charge in [-0.15, -0.1) is 0 Å². The second-order valence-electron chi connectivity index (χ2n) is 5.22. The summed E-state index contributed by atoms with van der Waals surface area (Å²) in [6.07, 6.45) is 0.907. The molecule has 0 spiro atoms. The summed E-state index contributed by atoms with van der Waals surface area (Å²) in [6, 6.07) is 6.43. The van der Waals surface area contributed by atoms with Gasteiger partial charge in [-0.1, -0.05) is 18.2 Å². The van der Waals surface area contributed by atoms with Crippen LogP contribution in [0.5, 0.6) is 0 Å². The second kappa shape index (κ2) is 5.57. The van der Waals surface area contributed by atoms with Crippen LogP contribution in [0, 0.1) is 27.7 Å². The standard InChI is InChI=1S/C16H23N3/c1-11-6-5-7-12(2)16(11)10-19-14(4)15(8-9-17)13(3)18-19/h5-7H,8-10,17H2,1-4H3. The Bertz CT molecular complexity index is 562. The minimum atomic E-state index is 0.677. The highest BCUT2D eigenvalue weighted by Crippen LogP contribution is 2.18. The molecule has 2 rings (SSSR count). The quantitative estimate of drug-likeness (QED) is 0.915. The number of nitrogens with zero attached hydrogens (tertiary/aromatic N) is 2. The smallest absolute Gasteiger partial charge is 0.0667 e. The first-order valence-corrected chi connectivity index (χ1v) is 6.82. The number of benzene rings is 1. The van der Waals surface area contributed by atoms with E-state index in [1.165, 1.54) is 27.9 Å². The van der Waals surface area contributed by atoms with Gasteiger partial charge in [0.05, 0.1) is 12.2 Å². The van der Waals surface area contributed by atoms with Crippen LogP contribution in [-0.4, -0.2) is 16.3 Å². The van der Waals surface area contributed by atoms with Crippen molar-refractivity contribution in [2.45, 2.75) is 40.7 Å². The summed E-state index contributed by atoms with van der Waals surface area (Å²) in [6.45, 7) is 10.0. The first kappa shape index (κ1) is 13.8. The molecule has 3 heteroatoms. The van der Waals surface area contributed by atoms with Gasteiger partial charge in [0, 0.05) is 5.69 Å². The number of rotatable bonds is 4. The van der Waals surface area contributed by atoms with Gasteiger partial charge in [0.2, 0.25) is 0 Å². The third kappa shape index (κ3) is 2.71. The maximum absolute atomic E-state index is 5.67. The van der Waals surface area contributed by atoms with E-state index >= 15 is 0 Å². The summed E-state index contributed by atoms with van der Waals surface area (Å²) in [5.41, 5.74) is 13.3. The van der Waals surface area contributed by atoms with Crippen molar-refractivity contribution in [2.24, 2.45) is 5.73 Å². The number of nitrogens with two attached hydrogens (primary N) is 1. The lowest BCUT2D eigenvalue weighted by molar-refractivity contribution is 0.653. The largest absolute Gasteiger partial charge is 0.330 e. The van der Waals surface area contributed by atoms with Gasteiger partial charge in [0.1, 0.15) is 0 Å². The average Bonchev–Trinajstić information content (AvgIpc) is 2.62. The van der Waals surface area contributed by atoms with E-state index in [1.54, 1.807) is 0 Å². The molecule has 1 aromatic heterocycles. The Hall–Kier alpha value is -1.61. The molecular weight excluding hydrogens is 234 g/mol. The van der Waals surface area contributed by atoms with Crippen molar-refractivity contribution in [3.63, 3.8) is 0 Å². The Morgan fingerprint density at radius 1 is 1.05 bits per heavy atom. The molecule has 1 heterocycles. The molecule has 0 radical (unpaired) electrons. The van der Waals surface area contributed by atoms with Crippen molar-refractivity contribution in [2.75, 3.05) is 6.54 Å². The third-order valence-electron chi connectivity index (χ3n) is 3.88. The van der Waals surface area contributed by atoms with Crippen LogP contribution < -0.4 is 5.73 Å². The Labute approximate surface area is 115 Å². The summed E-state index contributed by atoms with van der Waals surface area (Å²) >= 11 is 0. The predicted octanol–water partition coefficient (Wildman–Crippen LogP) is 2.67. The predicted molar refractivity (Wildman–Crippen MR) is 79.5 cm³/mol. The van der Waals surface area contributed by atoms with E-state index in [2.05, 4.69) is 55.7 Å². The lowest BCUT2D eigenvalue weighted by atomic mass is 10.0. The molecule has 2 aromatic rings. The monoisotopic (exact) mass is 257 g/mol. The highest BCUT2D eigenvalue weighted by atomic mass is 15.3. The van der Waals surface area contributed by atoms with Gasteiger partial charge in [-0.2, -0.15) is 5.10 Å². The average molecular weight is 257 g/mol. The molecule has 0 aliphatic carbocycles. The molecule has 0 atom stereocenters. The molecule has 1 aromatic carbocycles. The number of aryl methyl sites for hydroxylation is 3. The van der Waals surface area contributed by atoms with Crippen LogP contribution in [0.25, 0.3) is 0 Å². The van der Waals surface area contributed by atoms with Crippen LogP contribution in [-0.2, 0) is 13.0 Å². The van der Waals surface area contributed by atoms with Gasteiger partial charge in [-0.05, 0) is 62.9 Å². The Kier molecular flexibility index (Phi) is 4.05. The molecule has 19 heavy (non-hydrogen) atoms. The fourth-order valence-corrected chi connectivity index (χ4v) is 2.64. The van der Waals surface area contributed by atoms with Crippen LogP contribution in [0.1, 0.15) is 33.6 Å². The zero-order valence-corrected chi connectivity index (χ0v) is 12.3. The molecular formula is C16H23N3. The molecule has 2 N–H and O–H groups in total. The molecule has 0 saturated carbocycles. The first-order valence-electron chi connectivity index (χ1n) is 6.82. The first-order chi connectivity index (χ1) is 9.04. The van der Waals surface area contributed by atoms with E-state index < -0.39 is 0 Å². The number of hydrogen-bond acceptors (Lipinski definition) is 2. The molecule has 3 nitrogen and oxygen atoms in total. The van der Waals surface area contributed by atoms with Crippen molar-refractivity contribution in [1.82, 2.24) is 9.78 Å². The van der Waals surface area contributed by atoms with Gasteiger partial charge in [0.25, 0.3) is 0 Å². The lowest BCUT2D eigenvalue weighted by Crippen LogP contribution is -2.08. The SMILES string of the molecule is Cc1cccc(C)c1Cn1nc(C)c(CCN)c1C. The van der Waals surface area contributed by atoms with Crippen LogP contribution in [0.3, 0.4) is 0 Å². The topological polar surface area (TPSA) is 43.8 Å². The fraction of sp³-hybridized carbons (Fsp3) is 0.438. The fourth-order valence-electron chi connectivity index (χ4n) is 2.64. The maximum Gasteiger partial charge on any atom is 0.0667 e. The normalized spacial score (nSPS) is 11.0. The van der Waals surface area contributed by atoms with E-state index in [1.807, 2.05) is 0 Å². The molecule has 0 aliphatic heterocycles. The number of aromatic nitrogens is 2. The summed E-state index contributed by atoms with van der Waals surface area (Å²) in [4.78, 5) is 0. The molecule has 0 saturated heterocycles. The Morgan fingerprint density at radius 3 is 2.26 bits per heavy atom. The zero-order valence-electron chi connectivity index (χ0n) is 12.3. The highest BCUT2D eigenvalue weighted by molar-refractivity contribution is 5.34.